The van der Waals surface area contributed by atoms with Gasteiger partial charge in [-0.15, -0.1) is 23.5 Å². The third-order valence-corrected chi connectivity index (χ3v) is 4.61. The fourth-order valence-corrected chi connectivity index (χ4v) is 3.34. The molecule has 0 N–H and O–H groups in total. The second-order valence-corrected chi connectivity index (χ2v) is 5.82. The molecule has 1 heterocycles. The molecule has 0 fully saturated rings. The number of pyridine rings is 1. The highest BCUT2D eigenvalue weighted by molar-refractivity contribution is 8.03. The van der Waals surface area contributed by atoms with Gasteiger partial charge in [0, 0.05) is 27.8 Å². The van der Waals surface area contributed by atoms with Gasteiger partial charge in [0.2, 0.25) is 0 Å². The third-order valence-electron chi connectivity index (χ3n) is 3.12. The summed E-state index contributed by atoms with van der Waals surface area (Å²) in [5, 5.41) is 0. The maximum absolute atomic E-state index is 4.22. The Hall–Kier alpha value is -1.19. The van der Waals surface area contributed by atoms with Crippen LogP contribution >= 0.6 is 23.5 Å². The normalized spacial score (nSPS) is 17.6. The van der Waals surface area contributed by atoms with Crippen LogP contribution in [-0.2, 0) is 0 Å². The lowest BCUT2D eigenvalue weighted by atomic mass is 10.0. The van der Waals surface area contributed by atoms with Gasteiger partial charge in [-0.25, -0.2) is 0 Å². The molecular formula is C15H13NS2. The van der Waals surface area contributed by atoms with E-state index in [1.807, 2.05) is 30.2 Å². The van der Waals surface area contributed by atoms with Crippen LogP contribution in [0, 0.1) is 0 Å². The van der Waals surface area contributed by atoms with Crippen LogP contribution in [0.4, 0.5) is 0 Å². The molecule has 3 heteroatoms. The summed E-state index contributed by atoms with van der Waals surface area (Å²) in [6, 6.07) is 4.11. The predicted octanol–water partition coefficient (Wildman–Crippen LogP) is 4.28. The van der Waals surface area contributed by atoms with Gasteiger partial charge in [0.05, 0.1) is 0 Å². The molecule has 2 aliphatic carbocycles. The Bertz CT molecular complexity index is 607. The van der Waals surface area contributed by atoms with Crippen LogP contribution in [0.1, 0.15) is 5.56 Å². The summed E-state index contributed by atoms with van der Waals surface area (Å²) in [6.07, 6.45) is 14.8. The number of hydrogen-bond acceptors (Lipinski definition) is 3. The van der Waals surface area contributed by atoms with E-state index in [1.165, 1.54) is 32.1 Å². The van der Waals surface area contributed by atoms with Crippen molar-refractivity contribution in [1.29, 1.82) is 0 Å². The van der Waals surface area contributed by atoms with E-state index in [1.54, 1.807) is 11.8 Å². The van der Waals surface area contributed by atoms with Crippen molar-refractivity contribution in [2.75, 3.05) is 12.5 Å². The van der Waals surface area contributed by atoms with E-state index < -0.39 is 0 Å². The van der Waals surface area contributed by atoms with Gasteiger partial charge in [-0.1, -0.05) is 6.07 Å². The highest BCUT2D eigenvalue weighted by Gasteiger charge is 2.24. The predicted molar refractivity (Wildman–Crippen MR) is 82.4 cm³/mol. The lowest BCUT2D eigenvalue weighted by Crippen LogP contribution is -1.84. The van der Waals surface area contributed by atoms with Crippen molar-refractivity contribution in [3.8, 4) is 0 Å². The first-order valence-corrected chi connectivity index (χ1v) is 8.17. The summed E-state index contributed by atoms with van der Waals surface area (Å²) in [6.45, 7) is 0. The van der Waals surface area contributed by atoms with Gasteiger partial charge in [0.1, 0.15) is 0 Å². The van der Waals surface area contributed by atoms with Gasteiger partial charge in [0.15, 0.2) is 0 Å². The molecule has 2 aliphatic rings. The maximum atomic E-state index is 4.22. The van der Waals surface area contributed by atoms with Crippen LogP contribution in [-0.4, -0.2) is 17.5 Å². The fourth-order valence-electron chi connectivity index (χ4n) is 2.24. The first-order valence-electron chi connectivity index (χ1n) is 5.72. The highest BCUT2D eigenvalue weighted by atomic mass is 32.2. The van der Waals surface area contributed by atoms with E-state index in [9.17, 15) is 0 Å². The minimum absolute atomic E-state index is 1.20. The molecule has 3 rings (SSSR count). The quantitative estimate of drug-likeness (QED) is 0.814. The van der Waals surface area contributed by atoms with E-state index in [-0.39, 0.29) is 0 Å². The molecule has 1 aromatic rings. The smallest absolute Gasteiger partial charge is 0.0346 e. The van der Waals surface area contributed by atoms with Gasteiger partial charge < -0.3 is 0 Å². The van der Waals surface area contributed by atoms with Crippen LogP contribution in [0.5, 0.6) is 0 Å². The van der Waals surface area contributed by atoms with Crippen LogP contribution in [0.2, 0.25) is 0 Å². The molecule has 1 nitrogen and oxygen atoms in total. The standard InChI is InChI=1S/C15H13NS2/c1-17-11-6-13-12(10-4-3-5-16-9-10)8-15(18-2)14(13)7-11/h3-9H,1-2H3. The molecular weight excluding hydrogens is 258 g/mol. The summed E-state index contributed by atoms with van der Waals surface area (Å²) < 4.78 is 0. The van der Waals surface area contributed by atoms with Crippen LogP contribution in [0.3, 0.4) is 0 Å². The van der Waals surface area contributed by atoms with Gasteiger partial charge in [-0.05, 0) is 53.5 Å². The van der Waals surface area contributed by atoms with Gasteiger partial charge in [-0.3, -0.25) is 4.98 Å². The van der Waals surface area contributed by atoms with Crippen LogP contribution in [0.25, 0.3) is 5.57 Å². The Kier molecular flexibility index (Phi) is 3.18. The molecule has 0 spiro atoms. The minimum atomic E-state index is 1.20. The fraction of sp³-hybridized carbons (Fsp3) is 0.133. The Balaban J connectivity index is 2.13. The first kappa shape index (κ1) is 11.9. The van der Waals surface area contributed by atoms with Crippen molar-refractivity contribution < 1.29 is 0 Å². The zero-order valence-electron chi connectivity index (χ0n) is 10.3. The Morgan fingerprint density at radius 2 is 1.89 bits per heavy atom. The summed E-state index contributed by atoms with van der Waals surface area (Å²) >= 11 is 3.61. The van der Waals surface area contributed by atoms with E-state index in [0.717, 1.165) is 0 Å². The maximum Gasteiger partial charge on any atom is 0.0346 e. The molecule has 0 radical (unpaired) electrons. The SMILES string of the molecule is CSC1=CC2=C(c3cccnc3)C=C(SC)C2=C1. The lowest BCUT2D eigenvalue weighted by molar-refractivity contribution is 1.31. The lowest BCUT2D eigenvalue weighted by Gasteiger charge is -2.01. The molecule has 0 aliphatic heterocycles. The summed E-state index contributed by atoms with van der Waals surface area (Å²) in [7, 11) is 0. The first-order chi connectivity index (χ1) is 8.83. The number of rotatable bonds is 3. The number of thioether (sulfide) groups is 2. The van der Waals surface area contributed by atoms with Crippen molar-refractivity contribution in [2.24, 2.45) is 0 Å². The second kappa shape index (κ2) is 4.82. The second-order valence-electron chi connectivity index (χ2n) is 4.09. The Labute approximate surface area is 116 Å². The average Bonchev–Trinajstić information content (AvgIpc) is 2.97. The molecule has 0 amide bonds. The monoisotopic (exact) mass is 271 g/mol. The number of allylic oxidation sites excluding steroid dienone is 6. The zero-order valence-corrected chi connectivity index (χ0v) is 11.9. The van der Waals surface area contributed by atoms with Crippen molar-refractivity contribution in [3.63, 3.8) is 0 Å². The molecule has 18 heavy (non-hydrogen) atoms. The molecule has 0 saturated heterocycles. The summed E-state index contributed by atoms with van der Waals surface area (Å²) in [5.74, 6) is 0. The minimum Gasteiger partial charge on any atom is -0.264 e. The summed E-state index contributed by atoms with van der Waals surface area (Å²) in [5.41, 5.74) is 5.20. The molecule has 0 unspecified atom stereocenters. The highest BCUT2D eigenvalue weighted by Crippen LogP contribution is 2.46. The van der Waals surface area contributed by atoms with Crippen molar-refractivity contribution in [3.05, 3.63) is 69.3 Å². The number of fused-ring (bicyclic) bond motifs is 1. The topological polar surface area (TPSA) is 12.9 Å². The summed E-state index contributed by atoms with van der Waals surface area (Å²) in [4.78, 5) is 6.90. The van der Waals surface area contributed by atoms with Gasteiger partial charge in [-0.2, -0.15) is 0 Å². The van der Waals surface area contributed by atoms with Crippen LogP contribution < -0.4 is 0 Å². The molecule has 0 aromatic carbocycles. The van der Waals surface area contributed by atoms with Crippen LogP contribution in [0.15, 0.2) is 63.7 Å². The number of nitrogens with zero attached hydrogens (tertiary/aromatic N) is 1. The van der Waals surface area contributed by atoms with Crippen molar-refractivity contribution in [2.45, 2.75) is 0 Å². The Morgan fingerprint density at radius 3 is 2.56 bits per heavy atom. The Morgan fingerprint density at radius 1 is 1.00 bits per heavy atom. The molecule has 1 aromatic heterocycles. The number of hydrogen-bond donors (Lipinski definition) is 0. The largest absolute Gasteiger partial charge is 0.264 e. The van der Waals surface area contributed by atoms with Crippen molar-refractivity contribution in [1.82, 2.24) is 4.98 Å². The molecule has 0 atom stereocenters. The molecule has 90 valence electrons. The third kappa shape index (κ3) is 1.88. The van der Waals surface area contributed by atoms with E-state index in [4.69, 9.17) is 0 Å². The van der Waals surface area contributed by atoms with E-state index >= 15 is 0 Å². The number of aromatic nitrogens is 1. The van der Waals surface area contributed by atoms with Gasteiger partial charge >= 0.3 is 0 Å². The van der Waals surface area contributed by atoms with E-state index in [2.05, 4.69) is 41.8 Å². The van der Waals surface area contributed by atoms with Crippen molar-refractivity contribution >= 4 is 29.1 Å². The van der Waals surface area contributed by atoms with E-state index in [0.29, 0.717) is 0 Å². The molecule has 0 bridgehead atoms. The van der Waals surface area contributed by atoms with Gasteiger partial charge in [0.25, 0.3) is 0 Å². The average molecular weight is 271 g/mol. The molecule has 0 saturated carbocycles. The zero-order chi connectivity index (χ0) is 12.5.